The molecular formula is C16H24N5O4S+. The number of imide groups is 1. The van der Waals surface area contributed by atoms with Crippen LogP contribution >= 0.6 is 11.3 Å². The molecule has 2 heterocycles. The average molecular weight is 382 g/mol. The number of thiophene rings is 1. The van der Waals surface area contributed by atoms with E-state index < -0.39 is 6.03 Å². The Morgan fingerprint density at radius 3 is 2.85 bits per heavy atom. The summed E-state index contributed by atoms with van der Waals surface area (Å²) >= 11 is 1.51. The summed E-state index contributed by atoms with van der Waals surface area (Å²) in [5, 5.41) is 14.9. The van der Waals surface area contributed by atoms with E-state index in [9.17, 15) is 9.59 Å². The number of aromatic nitrogens is 2. The zero-order chi connectivity index (χ0) is 18.9. The van der Waals surface area contributed by atoms with E-state index in [4.69, 9.17) is 9.15 Å². The lowest BCUT2D eigenvalue weighted by molar-refractivity contribution is -0.907. The van der Waals surface area contributed by atoms with Gasteiger partial charge in [0.1, 0.15) is 6.54 Å². The van der Waals surface area contributed by atoms with E-state index in [-0.39, 0.29) is 18.5 Å². The van der Waals surface area contributed by atoms with Crippen LogP contribution in [-0.4, -0.2) is 55.0 Å². The number of amides is 3. The summed E-state index contributed by atoms with van der Waals surface area (Å²) < 4.78 is 10.8. The summed E-state index contributed by atoms with van der Waals surface area (Å²) in [6, 6.07) is 3.26. The number of hydrogen-bond acceptors (Lipinski definition) is 7. The first kappa shape index (κ1) is 20.0. The number of quaternary nitrogens is 1. The van der Waals surface area contributed by atoms with Crippen molar-refractivity contribution in [2.45, 2.75) is 26.4 Å². The molecule has 0 spiro atoms. The fraction of sp³-hybridized carbons (Fsp3) is 0.500. The average Bonchev–Trinajstić information content (AvgIpc) is 3.22. The van der Waals surface area contributed by atoms with Gasteiger partial charge < -0.3 is 19.4 Å². The quantitative estimate of drug-likeness (QED) is 0.566. The molecule has 0 aliphatic carbocycles. The van der Waals surface area contributed by atoms with Crippen molar-refractivity contribution >= 4 is 23.3 Å². The molecule has 3 N–H and O–H groups in total. The number of ether oxygens (including phenoxy) is 1. The van der Waals surface area contributed by atoms with Gasteiger partial charge in [-0.25, -0.2) is 4.79 Å². The van der Waals surface area contributed by atoms with Crippen LogP contribution in [0.2, 0.25) is 0 Å². The van der Waals surface area contributed by atoms with E-state index in [1.807, 2.05) is 31.4 Å². The first-order valence-electron chi connectivity index (χ1n) is 8.27. The van der Waals surface area contributed by atoms with E-state index in [1.54, 1.807) is 7.11 Å². The highest BCUT2D eigenvalue weighted by molar-refractivity contribution is 7.13. The lowest BCUT2D eigenvalue weighted by atomic mass is 10.4. The minimum absolute atomic E-state index is 0.0474. The molecule has 10 heteroatoms. The highest BCUT2D eigenvalue weighted by Gasteiger charge is 2.20. The molecular weight excluding hydrogens is 358 g/mol. The molecule has 0 bridgehead atoms. The van der Waals surface area contributed by atoms with Crippen LogP contribution in [0.25, 0.3) is 10.8 Å². The van der Waals surface area contributed by atoms with Crippen LogP contribution in [0, 0.1) is 0 Å². The molecule has 0 aliphatic heterocycles. The number of rotatable bonds is 9. The number of hydrogen-bond donors (Lipinski definition) is 3. The molecule has 0 saturated heterocycles. The molecule has 0 aromatic carbocycles. The lowest BCUT2D eigenvalue weighted by Crippen LogP contribution is -3.12. The molecule has 0 saturated carbocycles. The second-order valence-corrected chi connectivity index (χ2v) is 6.95. The molecule has 2 rings (SSSR count). The fourth-order valence-corrected chi connectivity index (χ4v) is 2.86. The molecule has 3 amide bonds. The number of carbonyl (C=O) groups is 2. The van der Waals surface area contributed by atoms with Crippen molar-refractivity contribution in [3.05, 3.63) is 23.4 Å². The van der Waals surface area contributed by atoms with E-state index in [0.29, 0.717) is 31.5 Å². The van der Waals surface area contributed by atoms with Gasteiger partial charge in [0.05, 0.1) is 11.5 Å². The van der Waals surface area contributed by atoms with Crippen molar-refractivity contribution in [2.24, 2.45) is 0 Å². The molecule has 1 atom stereocenters. The Morgan fingerprint density at radius 2 is 2.19 bits per heavy atom. The predicted octanol–water partition coefficient (Wildman–Crippen LogP) is 0.0636. The van der Waals surface area contributed by atoms with Crippen molar-refractivity contribution < 1.29 is 23.6 Å². The highest BCUT2D eigenvalue weighted by Crippen LogP contribution is 2.22. The maximum Gasteiger partial charge on any atom is 0.321 e. The predicted molar refractivity (Wildman–Crippen MR) is 95.7 cm³/mol. The Kier molecular flexibility index (Phi) is 7.70. The van der Waals surface area contributed by atoms with Gasteiger partial charge in [0, 0.05) is 13.2 Å². The third kappa shape index (κ3) is 6.54. The van der Waals surface area contributed by atoms with E-state index >= 15 is 0 Å². The molecule has 2 aromatic heterocycles. The largest absolute Gasteiger partial charge is 0.414 e. The van der Waals surface area contributed by atoms with Gasteiger partial charge in [-0.05, 0) is 25.3 Å². The summed E-state index contributed by atoms with van der Waals surface area (Å²) in [7, 11) is 1.59. The summed E-state index contributed by atoms with van der Waals surface area (Å²) in [5.74, 6) is 0.507. The van der Waals surface area contributed by atoms with Gasteiger partial charge in [0.2, 0.25) is 0 Å². The number of urea groups is 1. The summed E-state index contributed by atoms with van der Waals surface area (Å²) in [6.07, 6.45) is 0. The standard InChI is InChI=1S/C16H23N5O4S/c1-11(2)17-16(23)18-13(22)9-21(6-7-24-3)10-14-19-20-15(25-14)12-5-4-8-26-12/h4-5,8,11H,6-7,9-10H2,1-3H3,(H2,17,18,22,23)/p+1. The molecule has 0 aliphatic rings. The number of nitrogens with zero attached hydrogens (tertiary/aromatic N) is 2. The monoisotopic (exact) mass is 382 g/mol. The SMILES string of the molecule is COCC[NH+](CC(=O)NC(=O)NC(C)C)Cc1nnc(-c2cccs2)o1. The number of carbonyl (C=O) groups excluding carboxylic acids is 2. The third-order valence-electron chi connectivity index (χ3n) is 3.34. The molecule has 0 radical (unpaired) electrons. The second-order valence-electron chi connectivity index (χ2n) is 6.00. The third-order valence-corrected chi connectivity index (χ3v) is 4.20. The Bertz CT molecular complexity index is 701. The van der Waals surface area contributed by atoms with E-state index in [2.05, 4.69) is 20.8 Å². The Labute approximate surface area is 155 Å². The normalized spacial score (nSPS) is 12.2. The minimum Gasteiger partial charge on any atom is -0.414 e. The molecule has 9 nitrogen and oxygen atoms in total. The Morgan fingerprint density at radius 1 is 1.38 bits per heavy atom. The van der Waals surface area contributed by atoms with Gasteiger partial charge in [-0.1, -0.05) is 6.07 Å². The van der Waals surface area contributed by atoms with Gasteiger partial charge >= 0.3 is 6.03 Å². The zero-order valence-electron chi connectivity index (χ0n) is 15.1. The summed E-state index contributed by atoms with van der Waals surface area (Å²) in [5.41, 5.74) is 0. The molecule has 26 heavy (non-hydrogen) atoms. The van der Waals surface area contributed by atoms with Crippen LogP contribution in [0.15, 0.2) is 21.9 Å². The Hall–Kier alpha value is -2.30. The molecule has 0 fully saturated rings. The number of methoxy groups -OCH3 is 1. The molecule has 142 valence electrons. The molecule has 1 unspecified atom stereocenters. The minimum atomic E-state index is -0.506. The van der Waals surface area contributed by atoms with E-state index in [0.717, 1.165) is 9.78 Å². The van der Waals surface area contributed by atoms with Gasteiger partial charge in [-0.3, -0.25) is 10.1 Å². The van der Waals surface area contributed by atoms with Gasteiger partial charge in [-0.15, -0.1) is 21.5 Å². The topological polar surface area (TPSA) is 111 Å². The van der Waals surface area contributed by atoms with Crippen LogP contribution in [0.3, 0.4) is 0 Å². The fourth-order valence-electron chi connectivity index (χ4n) is 2.22. The first-order chi connectivity index (χ1) is 12.5. The van der Waals surface area contributed by atoms with Crippen molar-refractivity contribution in [1.82, 2.24) is 20.8 Å². The highest BCUT2D eigenvalue weighted by atomic mass is 32.1. The first-order valence-corrected chi connectivity index (χ1v) is 9.15. The smallest absolute Gasteiger partial charge is 0.321 e. The van der Waals surface area contributed by atoms with Crippen LogP contribution < -0.4 is 15.5 Å². The number of nitrogens with one attached hydrogen (secondary N) is 3. The van der Waals surface area contributed by atoms with Crippen molar-refractivity contribution in [2.75, 3.05) is 26.8 Å². The molecule has 2 aromatic rings. The van der Waals surface area contributed by atoms with Crippen molar-refractivity contribution in [3.8, 4) is 10.8 Å². The van der Waals surface area contributed by atoms with Gasteiger partial charge in [-0.2, -0.15) is 0 Å². The zero-order valence-corrected chi connectivity index (χ0v) is 15.9. The van der Waals surface area contributed by atoms with Crippen LogP contribution in [0.1, 0.15) is 19.7 Å². The van der Waals surface area contributed by atoms with Crippen molar-refractivity contribution in [1.29, 1.82) is 0 Å². The van der Waals surface area contributed by atoms with Crippen molar-refractivity contribution in [3.63, 3.8) is 0 Å². The van der Waals surface area contributed by atoms with Crippen LogP contribution in [0.4, 0.5) is 4.79 Å². The Balaban J connectivity index is 1.94. The van der Waals surface area contributed by atoms with Gasteiger partial charge in [0.15, 0.2) is 13.1 Å². The maximum absolute atomic E-state index is 12.1. The maximum atomic E-state index is 12.1. The summed E-state index contributed by atoms with van der Waals surface area (Å²) in [4.78, 5) is 25.5. The lowest BCUT2D eigenvalue weighted by Gasteiger charge is -2.17. The summed E-state index contributed by atoms with van der Waals surface area (Å²) in [6.45, 7) is 5.12. The second kappa shape index (κ2) is 10.00. The van der Waals surface area contributed by atoms with Crippen LogP contribution in [0.5, 0.6) is 0 Å². The van der Waals surface area contributed by atoms with E-state index in [1.165, 1.54) is 11.3 Å². The van der Waals surface area contributed by atoms with Gasteiger partial charge in [0.25, 0.3) is 17.7 Å². The van der Waals surface area contributed by atoms with Crippen LogP contribution in [-0.2, 0) is 16.1 Å².